The average Bonchev–Trinajstić information content (AvgIpc) is 2.93. The minimum absolute atomic E-state index is 0.486. The summed E-state index contributed by atoms with van der Waals surface area (Å²) in [5.74, 6) is 1.74. The summed E-state index contributed by atoms with van der Waals surface area (Å²) in [6.45, 7) is 10.6. The first kappa shape index (κ1) is 16.0. The van der Waals surface area contributed by atoms with Gasteiger partial charge in [-0.2, -0.15) is 0 Å². The second-order valence-electron chi connectivity index (χ2n) is 7.42. The van der Waals surface area contributed by atoms with Crippen molar-refractivity contribution < 1.29 is 0 Å². The summed E-state index contributed by atoms with van der Waals surface area (Å²) in [7, 11) is 0. The van der Waals surface area contributed by atoms with Gasteiger partial charge in [-0.15, -0.1) is 11.3 Å². The van der Waals surface area contributed by atoms with E-state index in [4.69, 9.17) is 0 Å². The van der Waals surface area contributed by atoms with Gasteiger partial charge in [-0.05, 0) is 67.3 Å². The SMILES string of the molecule is CCCNC(c1cccs1)C1CCC(C(C)(C)C)CC1. The molecule has 1 N–H and O–H groups in total. The smallest absolute Gasteiger partial charge is 0.0443 e. The summed E-state index contributed by atoms with van der Waals surface area (Å²) < 4.78 is 0. The van der Waals surface area contributed by atoms with Crippen molar-refractivity contribution in [3.05, 3.63) is 22.4 Å². The lowest BCUT2D eigenvalue weighted by Gasteiger charge is -2.39. The Kier molecular flexibility index (Phi) is 5.68. The summed E-state index contributed by atoms with van der Waals surface area (Å²) in [5, 5.41) is 6.02. The molecule has 1 aromatic rings. The molecule has 1 aliphatic carbocycles. The van der Waals surface area contributed by atoms with Crippen LogP contribution in [0.15, 0.2) is 17.5 Å². The number of thiophene rings is 1. The molecular formula is C18H31NS. The van der Waals surface area contributed by atoms with Gasteiger partial charge in [0.1, 0.15) is 0 Å². The molecule has 114 valence electrons. The molecule has 0 saturated heterocycles. The Bertz CT molecular complexity index is 369. The van der Waals surface area contributed by atoms with Crippen molar-refractivity contribution in [2.24, 2.45) is 17.3 Å². The van der Waals surface area contributed by atoms with Crippen molar-refractivity contribution in [3.63, 3.8) is 0 Å². The fraction of sp³-hybridized carbons (Fsp3) is 0.778. The Hall–Kier alpha value is -0.340. The quantitative estimate of drug-likeness (QED) is 0.740. The van der Waals surface area contributed by atoms with Gasteiger partial charge in [-0.25, -0.2) is 0 Å². The largest absolute Gasteiger partial charge is 0.309 e. The second-order valence-corrected chi connectivity index (χ2v) is 8.40. The van der Waals surface area contributed by atoms with Crippen molar-refractivity contribution in [2.45, 2.75) is 65.8 Å². The lowest BCUT2D eigenvalue weighted by molar-refractivity contribution is 0.133. The molecule has 20 heavy (non-hydrogen) atoms. The van der Waals surface area contributed by atoms with Crippen LogP contribution in [0.4, 0.5) is 0 Å². The maximum atomic E-state index is 3.81. The van der Waals surface area contributed by atoms with E-state index in [1.807, 2.05) is 11.3 Å². The summed E-state index contributed by atoms with van der Waals surface area (Å²) in [6, 6.07) is 5.10. The number of hydrogen-bond acceptors (Lipinski definition) is 2. The molecule has 2 rings (SSSR count). The van der Waals surface area contributed by atoms with Crippen molar-refractivity contribution in [3.8, 4) is 0 Å². The monoisotopic (exact) mass is 293 g/mol. The topological polar surface area (TPSA) is 12.0 Å². The van der Waals surface area contributed by atoms with E-state index >= 15 is 0 Å². The molecule has 0 radical (unpaired) electrons. The third-order valence-electron chi connectivity index (χ3n) is 4.93. The first-order valence-corrected chi connectivity index (χ1v) is 9.17. The molecule has 1 atom stereocenters. The standard InChI is InChI=1S/C18H31NS/c1-5-12-19-17(16-7-6-13-20-16)14-8-10-15(11-9-14)18(2,3)4/h6-7,13-15,17,19H,5,8-12H2,1-4H3. The predicted octanol–water partition coefficient (Wildman–Crippen LogP) is 5.64. The van der Waals surface area contributed by atoms with Crippen molar-refractivity contribution in [2.75, 3.05) is 6.54 Å². The van der Waals surface area contributed by atoms with E-state index in [2.05, 4.69) is 50.5 Å². The van der Waals surface area contributed by atoms with Crippen LogP contribution in [0.2, 0.25) is 0 Å². The lowest BCUT2D eigenvalue weighted by atomic mass is 9.68. The Morgan fingerprint density at radius 3 is 2.45 bits per heavy atom. The number of nitrogens with one attached hydrogen (secondary N) is 1. The Labute approximate surface area is 129 Å². The van der Waals surface area contributed by atoms with E-state index in [1.165, 1.54) is 37.0 Å². The number of rotatable bonds is 5. The van der Waals surface area contributed by atoms with E-state index < -0.39 is 0 Å². The summed E-state index contributed by atoms with van der Waals surface area (Å²) in [6.07, 6.45) is 6.81. The highest BCUT2D eigenvalue weighted by atomic mass is 32.1. The molecule has 0 amide bonds. The highest BCUT2D eigenvalue weighted by Gasteiger charge is 2.33. The van der Waals surface area contributed by atoms with E-state index in [1.54, 1.807) is 0 Å². The zero-order chi connectivity index (χ0) is 14.6. The Morgan fingerprint density at radius 2 is 1.95 bits per heavy atom. The lowest BCUT2D eigenvalue weighted by Crippen LogP contribution is -2.33. The maximum Gasteiger partial charge on any atom is 0.0443 e. The average molecular weight is 294 g/mol. The van der Waals surface area contributed by atoms with Crippen LogP contribution in [-0.4, -0.2) is 6.54 Å². The van der Waals surface area contributed by atoms with Crippen LogP contribution in [0.25, 0.3) is 0 Å². The van der Waals surface area contributed by atoms with Gasteiger partial charge in [-0.1, -0.05) is 33.8 Å². The minimum Gasteiger partial charge on any atom is -0.309 e. The van der Waals surface area contributed by atoms with Gasteiger partial charge in [0.05, 0.1) is 0 Å². The van der Waals surface area contributed by atoms with Gasteiger partial charge in [0.15, 0.2) is 0 Å². The molecule has 1 aromatic heterocycles. The molecule has 1 aliphatic rings. The molecule has 0 aliphatic heterocycles. The van der Waals surface area contributed by atoms with Gasteiger partial charge in [0.2, 0.25) is 0 Å². The third kappa shape index (κ3) is 4.08. The summed E-state index contributed by atoms with van der Waals surface area (Å²) in [4.78, 5) is 1.54. The van der Waals surface area contributed by atoms with E-state index in [-0.39, 0.29) is 0 Å². The molecule has 1 unspecified atom stereocenters. The van der Waals surface area contributed by atoms with Crippen molar-refractivity contribution >= 4 is 11.3 Å². The first-order valence-electron chi connectivity index (χ1n) is 8.29. The van der Waals surface area contributed by atoms with Crippen molar-refractivity contribution in [1.82, 2.24) is 5.32 Å². The number of hydrogen-bond donors (Lipinski definition) is 1. The highest BCUT2D eigenvalue weighted by Crippen LogP contribution is 2.44. The van der Waals surface area contributed by atoms with Crippen LogP contribution >= 0.6 is 11.3 Å². The van der Waals surface area contributed by atoms with Crippen LogP contribution in [0.5, 0.6) is 0 Å². The normalized spacial score (nSPS) is 25.6. The third-order valence-corrected chi connectivity index (χ3v) is 5.89. The van der Waals surface area contributed by atoms with E-state index in [0.717, 1.165) is 18.4 Å². The van der Waals surface area contributed by atoms with Crippen LogP contribution in [0.1, 0.15) is 70.7 Å². The fourth-order valence-corrected chi connectivity index (χ4v) is 4.48. The summed E-state index contributed by atoms with van der Waals surface area (Å²) in [5.41, 5.74) is 0.486. The highest BCUT2D eigenvalue weighted by molar-refractivity contribution is 7.10. The van der Waals surface area contributed by atoms with Gasteiger partial charge >= 0.3 is 0 Å². The zero-order valence-electron chi connectivity index (χ0n) is 13.6. The molecule has 0 aromatic carbocycles. The van der Waals surface area contributed by atoms with Crippen LogP contribution in [0.3, 0.4) is 0 Å². The van der Waals surface area contributed by atoms with E-state index in [9.17, 15) is 0 Å². The van der Waals surface area contributed by atoms with Gasteiger partial charge in [0.25, 0.3) is 0 Å². The predicted molar refractivity (Wildman–Crippen MR) is 90.3 cm³/mol. The minimum atomic E-state index is 0.486. The van der Waals surface area contributed by atoms with Gasteiger partial charge in [-0.3, -0.25) is 0 Å². The molecule has 1 heterocycles. The van der Waals surface area contributed by atoms with Crippen LogP contribution in [-0.2, 0) is 0 Å². The molecule has 0 bridgehead atoms. The van der Waals surface area contributed by atoms with Crippen LogP contribution < -0.4 is 5.32 Å². The van der Waals surface area contributed by atoms with Crippen LogP contribution in [0, 0.1) is 17.3 Å². The molecule has 1 fully saturated rings. The van der Waals surface area contributed by atoms with Crippen molar-refractivity contribution in [1.29, 1.82) is 0 Å². The van der Waals surface area contributed by atoms with Gasteiger partial charge < -0.3 is 5.32 Å². The zero-order valence-corrected chi connectivity index (χ0v) is 14.4. The van der Waals surface area contributed by atoms with E-state index in [0.29, 0.717) is 11.5 Å². The first-order chi connectivity index (χ1) is 9.52. The Morgan fingerprint density at radius 1 is 1.25 bits per heavy atom. The summed E-state index contributed by atoms with van der Waals surface area (Å²) >= 11 is 1.92. The molecule has 0 spiro atoms. The fourth-order valence-electron chi connectivity index (χ4n) is 3.59. The molecule has 1 saturated carbocycles. The molecular weight excluding hydrogens is 262 g/mol. The Balaban J connectivity index is 1.98. The molecule has 2 heteroatoms. The van der Waals surface area contributed by atoms with Gasteiger partial charge in [0, 0.05) is 10.9 Å². The second kappa shape index (κ2) is 7.09. The maximum absolute atomic E-state index is 3.81. The molecule has 1 nitrogen and oxygen atoms in total.